The van der Waals surface area contributed by atoms with Crippen LogP contribution in [0, 0.1) is 0 Å². The van der Waals surface area contributed by atoms with Crippen molar-refractivity contribution in [3.8, 4) is 0 Å². The van der Waals surface area contributed by atoms with Crippen LogP contribution in [-0.4, -0.2) is 17.5 Å². The lowest BCUT2D eigenvalue weighted by Crippen LogP contribution is -1.97. The summed E-state index contributed by atoms with van der Waals surface area (Å²) in [5.41, 5.74) is 4.59. The van der Waals surface area contributed by atoms with Crippen molar-refractivity contribution in [2.24, 2.45) is 4.99 Å². The molecule has 0 saturated heterocycles. The molecule has 1 aromatic carbocycles. The molecule has 3 nitrogen and oxygen atoms in total. The van der Waals surface area contributed by atoms with E-state index in [2.05, 4.69) is 50.9 Å². The molecule has 0 amide bonds. The van der Waals surface area contributed by atoms with Gasteiger partial charge in [-0.25, -0.2) is 4.98 Å². The largest absolute Gasteiger partial charge is 0.296 e. The van der Waals surface area contributed by atoms with Gasteiger partial charge in [0.15, 0.2) is 6.29 Å². The summed E-state index contributed by atoms with van der Waals surface area (Å²) in [5.74, 6) is 0.806. The van der Waals surface area contributed by atoms with Gasteiger partial charge in [0.05, 0.1) is 17.6 Å². The molecule has 0 aliphatic heterocycles. The van der Waals surface area contributed by atoms with E-state index in [1.54, 1.807) is 12.3 Å². The van der Waals surface area contributed by atoms with Gasteiger partial charge in [-0.3, -0.25) is 9.79 Å². The third-order valence-corrected chi connectivity index (χ3v) is 3.58. The normalized spacial score (nSPS) is 11.5. The van der Waals surface area contributed by atoms with E-state index < -0.39 is 0 Å². The first-order chi connectivity index (χ1) is 10.5. The Hall–Kier alpha value is -2.29. The Labute approximate surface area is 132 Å². The van der Waals surface area contributed by atoms with Gasteiger partial charge >= 0.3 is 0 Å². The van der Waals surface area contributed by atoms with Gasteiger partial charge in [-0.15, -0.1) is 0 Å². The van der Waals surface area contributed by atoms with E-state index in [0.29, 0.717) is 23.2 Å². The Morgan fingerprint density at radius 3 is 2.00 bits per heavy atom. The van der Waals surface area contributed by atoms with Gasteiger partial charge in [-0.2, -0.15) is 0 Å². The lowest BCUT2D eigenvalue weighted by Gasteiger charge is -2.16. The number of para-hydroxylation sites is 1. The summed E-state index contributed by atoms with van der Waals surface area (Å²) < 4.78 is 0. The summed E-state index contributed by atoms with van der Waals surface area (Å²) >= 11 is 0. The van der Waals surface area contributed by atoms with Crippen molar-refractivity contribution in [1.82, 2.24) is 4.98 Å². The van der Waals surface area contributed by atoms with Gasteiger partial charge < -0.3 is 0 Å². The van der Waals surface area contributed by atoms with E-state index in [0.717, 1.165) is 12.0 Å². The van der Waals surface area contributed by atoms with Crippen LogP contribution in [0.1, 0.15) is 66.8 Å². The number of carbonyl (C=O) groups is 1. The SMILES string of the molecule is CC(C)c1cccc(C(C)C)c1N=Cc1cccc(C=O)n1. The molecule has 2 rings (SSSR count). The summed E-state index contributed by atoms with van der Waals surface area (Å²) in [6.45, 7) is 8.68. The smallest absolute Gasteiger partial charge is 0.168 e. The Kier molecular flexibility index (Phi) is 5.21. The molecular weight excluding hydrogens is 272 g/mol. The van der Waals surface area contributed by atoms with Crippen molar-refractivity contribution < 1.29 is 4.79 Å². The number of hydrogen-bond donors (Lipinski definition) is 0. The minimum absolute atomic E-state index is 0.403. The Morgan fingerprint density at radius 1 is 0.909 bits per heavy atom. The van der Waals surface area contributed by atoms with Gasteiger partial charge in [0.2, 0.25) is 0 Å². The molecule has 0 N–H and O–H groups in total. The maximum Gasteiger partial charge on any atom is 0.168 e. The van der Waals surface area contributed by atoms with E-state index >= 15 is 0 Å². The molecule has 1 aromatic heterocycles. The second-order valence-corrected chi connectivity index (χ2v) is 5.96. The second kappa shape index (κ2) is 7.12. The van der Waals surface area contributed by atoms with Crippen LogP contribution in [0.25, 0.3) is 0 Å². The molecule has 0 fully saturated rings. The van der Waals surface area contributed by atoms with E-state index in [9.17, 15) is 4.79 Å². The van der Waals surface area contributed by atoms with Gasteiger partial charge in [-0.1, -0.05) is 52.0 Å². The van der Waals surface area contributed by atoms with Gasteiger partial charge in [0.25, 0.3) is 0 Å². The van der Waals surface area contributed by atoms with Crippen LogP contribution in [0.5, 0.6) is 0 Å². The molecule has 3 heteroatoms. The van der Waals surface area contributed by atoms with Crippen LogP contribution in [-0.2, 0) is 0 Å². The monoisotopic (exact) mass is 294 g/mol. The van der Waals surface area contributed by atoms with E-state index in [1.807, 2.05) is 12.1 Å². The molecule has 1 heterocycles. The quantitative estimate of drug-likeness (QED) is 0.582. The Balaban J connectivity index is 2.46. The Morgan fingerprint density at radius 2 is 1.45 bits per heavy atom. The van der Waals surface area contributed by atoms with Gasteiger partial charge in [-0.05, 0) is 35.1 Å². The van der Waals surface area contributed by atoms with Gasteiger partial charge in [0, 0.05) is 0 Å². The standard InChI is InChI=1S/C19H22N2O/c1-13(2)17-9-6-10-18(14(3)4)19(17)20-11-15-7-5-8-16(12-22)21-15/h5-14H,1-4H3. The fraction of sp³-hybridized carbons (Fsp3) is 0.316. The summed E-state index contributed by atoms with van der Waals surface area (Å²) in [4.78, 5) is 19.7. The first-order valence-corrected chi connectivity index (χ1v) is 7.62. The molecular formula is C19H22N2O. The number of benzene rings is 1. The van der Waals surface area contributed by atoms with E-state index in [-0.39, 0.29) is 0 Å². The maximum atomic E-state index is 10.8. The molecule has 0 saturated carbocycles. The highest BCUT2D eigenvalue weighted by Gasteiger charge is 2.12. The number of nitrogens with zero attached hydrogens (tertiary/aromatic N) is 2. The number of rotatable bonds is 5. The highest BCUT2D eigenvalue weighted by atomic mass is 16.1. The number of hydrogen-bond acceptors (Lipinski definition) is 3. The molecule has 0 unspecified atom stereocenters. The number of carbonyl (C=O) groups excluding carboxylic acids is 1. The molecule has 0 radical (unpaired) electrons. The van der Waals surface area contributed by atoms with Crippen LogP contribution in [0.15, 0.2) is 41.4 Å². The number of aliphatic imine (C=N–C) groups is 1. The number of aldehydes is 1. The highest BCUT2D eigenvalue weighted by molar-refractivity contribution is 5.82. The van der Waals surface area contributed by atoms with Gasteiger partial charge in [0.1, 0.15) is 5.69 Å². The second-order valence-electron chi connectivity index (χ2n) is 5.96. The van der Waals surface area contributed by atoms with Crippen LogP contribution in [0.3, 0.4) is 0 Å². The van der Waals surface area contributed by atoms with Crippen LogP contribution >= 0.6 is 0 Å². The third-order valence-electron chi connectivity index (χ3n) is 3.58. The fourth-order valence-electron chi connectivity index (χ4n) is 2.40. The summed E-state index contributed by atoms with van der Waals surface area (Å²) in [6, 6.07) is 11.7. The summed E-state index contributed by atoms with van der Waals surface area (Å²) in [6.07, 6.45) is 2.49. The number of aromatic nitrogens is 1. The zero-order valence-corrected chi connectivity index (χ0v) is 13.6. The molecule has 22 heavy (non-hydrogen) atoms. The van der Waals surface area contributed by atoms with Crippen molar-refractivity contribution in [2.75, 3.05) is 0 Å². The molecule has 0 aliphatic carbocycles. The van der Waals surface area contributed by atoms with Crippen LogP contribution < -0.4 is 0 Å². The minimum Gasteiger partial charge on any atom is -0.296 e. The van der Waals surface area contributed by atoms with Crippen molar-refractivity contribution in [1.29, 1.82) is 0 Å². The topological polar surface area (TPSA) is 42.3 Å². The fourth-order valence-corrected chi connectivity index (χ4v) is 2.40. The van der Waals surface area contributed by atoms with Crippen LogP contribution in [0.2, 0.25) is 0 Å². The van der Waals surface area contributed by atoms with E-state index in [4.69, 9.17) is 4.99 Å². The molecule has 0 spiro atoms. The Bertz CT molecular complexity index is 661. The van der Waals surface area contributed by atoms with Crippen molar-refractivity contribution in [2.45, 2.75) is 39.5 Å². The third kappa shape index (κ3) is 3.67. The zero-order chi connectivity index (χ0) is 16.1. The maximum absolute atomic E-state index is 10.8. The molecule has 0 bridgehead atoms. The lowest BCUT2D eigenvalue weighted by molar-refractivity contribution is 0.111. The number of pyridine rings is 1. The average Bonchev–Trinajstić information content (AvgIpc) is 2.52. The van der Waals surface area contributed by atoms with E-state index in [1.165, 1.54) is 11.1 Å². The summed E-state index contributed by atoms with van der Waals surface area (Å²) in [7, 11) is 0. The predicted octanol–water partition coefficient (Wildman–Crippen LogP) is 4.89. The van der Waals surface area contributed by atoms with Crippen molar-refractivity contribution in [3.05, 3.63) is 58.9 Å². The minimum atomic E-state index is 0.403. The summed E-state index contributed by atoms with van der Waals surface area (Å²) in [5, 5.41) is 0. The first-order valence-electron chi connectivity index (χ1n) is 7.62. The van der Waals surface area contributed by atoms with Crippen molar-refractivity contribution in [3.63, 3.8) is 0 Å². The zero-order valence-electron chi connectivity index (χ0n) is 13.6. The predicted molar refractivity (Wildman–Crippen MR) is 91.5 cm³/mol. The van der Waals surface area contributed by atoms with Crippen molar-refractivity contribution >= 4 is 18.2 Å². The molecule has 2 aromatic rings. The first kappa shape index (κ1) is 16.1. The molecule has 0 atom stereocenters. The molecule has 0 aliphatic rings. The average molecular weight is 294 g/mol. The molecule has 114 valence electrons. The lowest BCUT2D eigenvalue weighted by atomic mass is 9.93. The highest BCUT2D eigenvalue weighted by Crippen LogP contribution is 2.34. The van der Waals surface area contributed by atoms with Crippen LogP contribution in [0.4, 0.5) is 5.69 Å².